The molecule has 30 heavy (non-hydrogen) atoms. The molecule has 4 aliphatic carbocycles. The number of nitrogens with zero attached hydrogens (tertiary/aromatic N) is 4. The zero-order valence-electron chi connectivity index (χ0n) is 16.7. The van der Waals surface area contributed by atoms with E-state index >= 15 is 0 Å². The zero-order valence-corrected chi connectivity index (χ0v) is 16.7. The fourth-order valence-corrected chi connectivity index (χ4v) is 7.25. The molecule has 2 amide bonds. The van der Waals surface area contributed by atoms with E-state index in [1.165, 1.54) is 0 Å². The van der Waals surface area contributed by atoms with Crippen LogP contribution in [0.1, 0.15) is 44.2 Å². The summed E-state index contributed by atoms with van der Waals surface area (Å²) < 4.78 is 0. The Labute approximate surface area is 174 Å². The van der Waals surface area contributed by atoms with Crippen molar-refractivity contribution >= 4 is 17.8 Å². The highest BCUT2D eigenvalue weighted by molar-refractivity contribution is 5.81. The van der Waals surface area contributed by atoms with Gasteiger partial charge in [-0.3, -0.25) is 4.79 Å². The Morgan fingerprint density at radius 3 is 2.53 bits per heavy atom. The number of anilines is 1. The second-order valence-electron chi connectivity index (χ2n) is 9.61. The van der Waals surface area contributed by atoms with E-state index in [9.17, 15) is 14.7 Å². The van der Waals surface area contributed by atoms with Gasteiger partial charge in [0.2, 0.25) is 5.91 Å². The molecule has 1 aromatic rings. The summed E-state index contributed by atoms with van der Waals surface area (Å²) in [6, 6.07) is 5.03. The van der Waals surface area contributed by atoms with E-state index in [2.05, 4.69) is 15.5 Å². The molecule has 1 aliphatic heterocycles. The molecular formula is C21H26N6O3. The van der Waals surface area contributed by atoms with Gasteiger partial charge in [0.1, 0.15) is 11.9 Å². The van der Waals surface area contributed by atoms with Crippen molar-refractivity contribution in [3.8, 4) is 6.07 Å². The van der Waals surface area contributed by atoms with Crippen molar-refractivity contribution in [1.29, 1.82) is 5.26 Å². The third kappa shape index (κ3) is 2.89. The van der Waals surface area contributed by atoms with Crippen LogP contribution in [-0.4, -0.2) is 50.8 Å². The van der Waals surface area contributed by atoms with Gasteiger partial charge in [-0.2, -0.15) is 5.26 Å². The molecule has 158 valence electrons. The van der Waals surface area contributed by atoms with E-state index in [1.54, 1.807) is 17.0 Å². The Hall–Kier alpha value is -2.89. The van der Waals surface area contributed by atoms with Crippen LogP contribution in [0, 0.1) is 40.4 Å². The molecule has 2 heterocycles. The van der Waals surface area contributed by atoms with Gasteiger partial charge in [0, 0.05) is 12.0 Å². The number of carbonyl (C=O) groups excluding carboxylic acids is 1. The van der Waals surface area contributed by atoms with Crippen molar-refractivity contribution in [2.24, 2.45) is 34.8 Å². The fraction of sp³-hybridized carbons (Fsp3) is 0.667. The lowest BCUT2D eigenvalue weighted by Gasteiger charge is -2.61. The summed E-state index contributed by atoms with van der Waals surface area (Å²) in [6.07, 6.45) is 4.39. The molecule has 7 atom stereocenters. The highest BCUT2D eigenvalue weighted by Crippen LogP contribution is 2.63. The fourth-order valence-electron chi connectivity index (χ4n) is 7.25. The number of rotatable bonds is 4. The van der Waals surface area contributed by atoms with E-state index in [0.29, 0.717) is 36.5 Å². The molecule has 4 saturated carbocycles. The summed E-state index contributed by atoms with van der Waals surface area (Å²) >= 11 is 0. The van der Waals surface area contributed by atoms with Gasteiger partial charge in [0.05, 0.1) is 12.1 Å². The number of amides is 2. The first-order chi connectivity index (χ1) is 14.4. The van der Waals surface area contributed by atoms with Crippen LogP contribution in [0.15, 0.2) is 12.1 Å². The number of nitrogens with one attached hydrogen (secondary N) is 1. The Balaban J connectivity index is 1.43. The van der Waals surface area contributed by atoms with Crippen molar-refractivity contribution in [3.05, 3.63) is 17.8 Å². The molecule has 4 bridgehead atoms. The SMILES string of the molecule is N#Cc1ccc(NC2CCN(C(=O)O)C2C2[C@@H]3CC4C[C@H]2CC(C(N)=O)(C4)C3)nn1. The highest BCUT2D eigenvalue weighted by atomic mass is 16.4. The number of aromatic nitrogens is 2. The molecule has 1 aromatic heterocycles. The number of carbonyl (C=O) groups is 2. The van der Waals surface area contributed by atoms with E-state index < -0.39 is 6.09 Å². The van der Waals surface area contributed by atoms with Crippen LogP contribution >= 0.6 is 0 Å². The molecule has 0 aromatic carbocycles. The van der Waals surface area contributed by atoms with Gasteiger partial charge >= 0.3 is 6.09 Å². The van der Waals surface area contributed by atoms with Gasteiger partial charge < -0.3 is 21.1 Å². The third-order valence-electron chi connectivity index (χ3n) is 8.07. The van der Waals surface area contributed by atoms with Crippen molar-refractivity contribution in [2.45, 2.75) is 50.6 Å². The number of primary amides is 1. The van der Waals surface area contributed by atoms with E-state index in [4.69, 9.17) is 11.0 Å². The maximum atomic E-state index is 12.3. The first kappa shape index (κ1) is 19.1. The quantitative estimate of drug-likeness (QED) is 0.686. The van der Waals surface area contributed by atoms with Crippen LogP contribution < -0.4 is 11.1 Å². The Morgan fingerprint density at radius 2 is 1.97 bits per heavy atom. The molecule has 5 unspecified atom stereocenters. The molecule has 1 saturated heterocycles. The first-order valence-corrected chi connectivity index (χ1v) is 10.7. The number of hydrogen-bond acceptors (Lipinski definition) is 6. The van der Waals surface area contributed by atoms with E-state index in [1.807, 2.05) is 6.07 Å². The normalized spacial score (nSPS) is 39.0. The third-order valence-corrected chi connectivity index (χ3v) is 8.07. The smallest absolute Gasteiger partial charge is 0.407 e. The minimum absolute atomic E-state index is 0.0737. The average Bonchev–Trinajstić information content (AvgIpc) is 3.11. The Morgan fingerprint density at radius 1 is 1.23 bits per heavy atom. The zero-order chi connectivity index (χ0) is 21.0. The van der Waals surface area contributed by atoms with Crippen LogP contribution in [0.5, 0.6) is 0 Å². The second kappa shape index (κ2) is 6.83. The van der Waals surface area contributed by atoms with Gasteiger partial charge in [-0.15, -0.1) is 10.2 Å². The molecule has 4 N–H and O–H groups in total. The van der Waals surface area contributed by atoms with Gasteiger partial charge in [0.15, 0.2) is 5.69 Å². The van der Waals surface area contributed by atoms with Crippen molar-refractivity contribution in [1.82, 2.24) is 15.1 Å². The van der Waals surface area contributed by atoms with Gasteiger partial charge in [0.25, 0.3) is 0 Å². The molecule has 9 nitrogen and oxygen atoms in total. The van der Waals surface area contributed by atoms with E-state index in [0.717, 1.165) is 32.1 Å². The highest BCUT2D eigenvalue weighted by Gasteiger charge is 2.61. The summed E-state index contributed by atoms with van der Waals surface area (Å²) in [6.45, 7) is 0.474. The number of likely N-dealkylation sites (tertiary alicyclic amines) is 1. The molecular weight excluding hydrogens is 384 g/mol. The number of hydrogen-bond donors (Lipinski definition) is 3. The predicted molar refractivity (Wildman–Crippen MR) is 106 cm³/mol. The number of nitrogens with two attached hydrogens (primary N) is 1. The van der Waals surface area contributed by atoms with Gasteiger partial charge in [-0.05, 0) is 74.3 Å². The summed E-state index contributed by atoms with van der Waals surface area (Å²) in [7, 11) is 0. The second-order valence-corrected chi connectivity index (χ2v) is 9.61. The monoisotopic (exact) mass is 410 g/mol. The average molecular weight is 410 g/mol. The Bertz CT molecular complexity index is 896. The van der Waals surface area contributed by atoms with Crippen LogP contribution in [-0.2, 0) is 4.79 Å². The Kier molecular flexibility index (Phi) is 4.34. The summed E-state index contributed by atoms with van der Waals surface area (Å²) in [5.74, 6) is 1.77. The van der Waals surface area contributed by atoms with Crippen molar-refractivity contribution < 1.29 is 14.7 Å². The van der Waals surface area contributed by atoms with Gasteiger partial charge in [-0.25, -0.2) is 4.79 Å². The van der Waals surface area contributed by atoms with E-state index in [-0.39, 0.29) is 35.0 Å². The number of nitriles is 1. The molecule has 6 rings (SSSR count). The molecule has 5 fully saturated rings. The number of carboxylic acid groups (broad SMARTS) is 1. The topological polar surface area (TPSA) is 145 Å². The molecule has 0 radical (unpaired) electrons. The minimum Gasteiger partial charge on any atom is -0.465 e. The molecule has 0 spiro atoms. The van der Waals surface area contributed by atoms with Gasteiger partial charge in [-0.1, -0.05) is 0 Å². The largest absolute Gasteiger partial charge is 0.465 e. The minimum atomic E-state index is -0.895. The van der Waals surface area contributed by atoms with Crippen LogP contribution in [0.2, 0.25) is 0 Å². The van der Waals surface area contributed by atoms with Crippen molar-refractivity contribution in [3.63, 3.8) is 0 Å². The van der Waals surface area contributed by atoms with Crippen LogP contribution in [0.4, 0.5) is 10.6 Å². The molecule has 5 aliphatic rings. The lowest BCUT2D eigenvalue weighted by molar-refractivity contribution is -0.154. The van der Waals surface area contributed by atoms with Crippen LogP contribution in [0.3, 0.4) is 0 Å². The predicted octanol–water partition coefficient (Wildman–Crippen LogP) is 1.81. The molecule has 9 heteroatoms. The summed E-state index contributed by atoms with van der Waals surface area (Å²) in [5, 5.41) is 30.2. The maximum absolute atomic E-state index is 12.3. The summed E-state index contributed by atoms with van der Waals surface area (Å²) in [4.78, 5) is 25.9. The first-order valence-electron chi connectivity index (χ1n) is 10.7. The lowest BCUT2D eigenvalue weighted by Crippen LogP contribution is -2.61. The lowest BCUT2D eigenvalue weighted by atomic mass is 9.44. The van der Waals surface area contributed by atoms with Crippen LogP contribution in [0.25, 0.3) is 0 Å². The summed E-state index contributed by atoms with van der Waals surface area (Å²) in [5.41, 5.74) is 5.68. The standard InChI is InChI=1S/C21H26N6O3/c22-10-14-1-2-16(26-25-14)24-15-3-4-27(20(29)30)18(15)17-12-5-11-6-13(17)9-21(7-11,8-12)19(23)28/h1-2,11-13,15,17-18H,3-9H2,(H2,23,28)(H,24,26)(H,29,30)/t11?,12-,13+,15?,17?,18?,21?. The van der Waals surface area contributed by atoms with Crippen molar-refractivity contribution in [2.75, 3.05) is 11.9 Å². The maximum Gasteiger partial charge on any atom is 0.407 e.